The Balaban J connectivity index is 1.89. The normalized spacial score (nSPS) is 23.6. The highest BCUT2D eigenvalue weighted by molar-refractivity contribution is 5.93. The Bertz CT molecular complexity index is 410. The molecule has 92 valence electrons. The summed E-state index contributed by atoms with van der Waals surface area (Å²) < 4.78 is 12.9. The zero-order chi connectivity index (χ0) is 12.3. The number of pyridine rings is 1. The molecule has 0 bridgehead atoms. The van der Waals surface area contributed by atoms with Crippen LogP contribution in [-0.4, -0.2) is 23.5 Å². The highest BCUT2D eigenvalue weighted by atomic mass is 19.1. The molecule has 4 nitrogen and oxygen atoms in total. The Hall–Kier alpha value is -1.49. The molecule has 2 rings (SSSR count). The summed E-state index contributed by atoms with van der Waals surface area (Å²) in [6, 6.07) is 1.35. The summed E-state index contributed by atoms with van der Waals surface area (Å²) in [6.45, 7) is 0.552. The van der Waals surface area contributed by atoms with Crippen molar-refractivity contribution in [2.24, 2.45) is 11.7 Å². The summed E-state index contributed by atoms with van der Waals surface area (Å²) in [5.41, 5.74) is 6.15. The van der Waals surface area contributed by atoms with Crippen molar-refractivity contribution >= 4 is 5.91 Å². The molecule has 1 fully saturated rings. The van der Waals surface area contributed by atoms with E-state index < -0.39 is 5.82 Å². The monoisotopic (exact) mass is 237 g/mol. The molecular weight excluding hydrogens is 221 g/mol. The van der Waals surface area contributed by atoms with Gasteiger partial charge in [0, 0.05) is 18.8 Å². The molecule has 2 unspecified atom stereocenters. The first-order valence-corrected chi connectivity index (χ1v) is 5.81. The number of nitrogens with two attached hydrogens (primary N) is 1. The lowest BCUT2D eigenvalue weighted by molar-refractivity contribution is 0.0945. The summed E-state index contributed by atoms with van der Waals surface area (Å²) in [5.74, 6) is -0.466. The molecule has 3 N–H and O–H groups in total. The van der Waals surface area contributed by atoms with E-state index in [9.17, 15) is 9.18 Å². The van der Waals surface area contributed by atoms with Gasteiger partial charge in [-0.05, 0) is 24.8 Å². The van der Waals surface area contributed by atoms with Crippen molar-refractivity contribution in [2.45, 2.75) is 25.3 Å². The number of hydrogen-bond donors (Lipinski definition) is 2. The number of nitrogens with one attached hydrogen (secondary N) is 1. The largest absolute Gasteiger partial charge is 0.352 e. The average Bonchev–Trinajstić information content (AvgIpc) is 2.72. The van der Waals surface area contributed by atoms with E-state index in [1.807, 2.05) is 0 Å². The number of carbonyl (C=O) groups is 1. The van der Waals surface area contributed by atoms with Gasteiger partial charge >= 0.3 is 0 Å². The van der Waals surface area contributed by atoms with E-state index >= 15 is 0 Å². The third-order valence-electron chi connectivity index (χ3n) is 3.21. The first-order chi connectivity index (χ1) is 8.16. The zero-order valence-electron chi connectivity index (χ0n) is 9.53. The third kappa shape index (κ3) is 3.00. The fraction of sp³-hybridized carbons (Fsp3) is 0.500. The molecule has 1 amide bonds. The molecule has 1 saturated carbocycles. The van der Waals surface area contributed by atoms with Gasteiger partial charge < -0.3 is 11.1 Å². The minimum atomic E-state index is -0.504. The predicted octanol–water partition coefficient (Wildman–Crippen LogP) is 1.08. The van der Waals surface area contributed by atoms with Gasteiger partial charge in [-0.2, -0.15) is 0 Å². The maximum Gasteiger partial charge on any atom is 0.252 e. The van der Waals surface area contributed by atoms with Crippen molar-refractivity contribution in [1.29, 1.82) is 0 Å². The van der Waals surface area contributed by atoms with Crippen molar-refractivity contribution in [3.8, 4) is 0 Å². The Morgan fingerprint density at radius 3 is 3.00 bits per heavy atom. The summed E-state index contributed by atoms with van der Waals surface area (Å²) in [4.78, 5) is 15.3. The number of amides is 1. The average molecular weight is 237 g/mol. The summed E-state index contributed by atoms with van der Waals surface area (Å²) in [6.07, 6.45) is 5.60. The summed E-state index contributed by atoms with van der Waals surface area (Å²) in [5, 5.41) is 2.77. The van der Waals surface area contributed by atoms with Crippen LogP contribution in [-0.2, 0) is 0 Å². The van der Waals surface area contributed by atoms with E-state index in [1.165, 1.54) is 12.3 Å². The van der Waals surface area contributed by atoms with Crippen LogP contribution in [0.25, 0.3) is 0 Å². The number of carbonyl (C=O) groups excluding carboxylic acids is 1. The summed E-state index contributed by atoms with van der Waals surface area (Å²) >= 11 is 0. The second-order valence-corrected chi connectivity index (χ2v) is 4.46. The van der Waals surface area contributed by atoms with Gasteiger partial charge in [-0.15, -0.1) is 0 Å². The molecule has 0 aromatic carbocycles. The SMILES string of the molecule is NC1CCCC1CNC(=O)c1cncc(F)c1. The Morgan fingerprint density at radius 1 is 1.53 bits per heavy atom. The van der Waals surface area contributed by atoms with Gasteiger partial charge in [0.1, 0.15) is 5.82 Å². The van der Waals surface area contributed by atoms with Crippen molar-refractivity contribution in [1.82, 2.24) is 10.3 Å². The quantitative estimate of drug-likeness (QED) is 0.826. The maximum atomic E-state index is 12.9. The Morgan fingerprint density at radius 2 is 2.35 bits per heavy atom. The van der Waals surface area contributed by atoms with Crippen molar-refractivity contribution in [2.75, 3.05) is 6.54 Å². The Labute approximate surface area is 99.4 Å². The van der Waals surface area contributed by atoms with Crippen LogP contribution in [0.1, 0.15) is 29.6 Å². The number of nitrogens with zero attached hydrogens (tertiary/aromatic N) is 1. The highest BCUT2D eigenvalue weighted by Crippen LogP contribution is 2.23. The fourth-order valence-electron chi connectivity index (χ4n) is 2.18. The van der Waals surface area contributed by atoms with Gasteiger partial charge in [0.2, 0.25) is 0 Å². The molecule has 1 aliphatic carbocycles. The lowest BCUT2D eigenvalue weighted by atomic mass is 10.0. The van der Waals surface area contributed by atoms with Crippen LogP contribution in [0.2, 0.25) is 0 Å². The smallest absolute Gasteiger partial charge is 0.252 e. The number of halogens is 1. The van der Waals surface area contributed by atoms with Crippen molar-refractivity contribution in [3.63, 3.8) is 0 Å². The topological polar surface area (TPSA) is 68.0 Å². The summed E-state index contributed by atoms with van der Waals surface area (Å²) in [7, 11) is 0. The van der Waals surface area contributed by atoms with Gasteiger partial charge in [0.25, 0.3) is 5.91 Å². The van der Waals surface area contributed by atoms with Gasteiger partial charge in [-0.25, -0.2) is 4.39 Å². The molecule has 1 heterocycles. The van der Waals surface area contributed by atoms with Crippen LogP contribution in [0.5, 0.6) is 0 Å². The van der Waals surface area contributed by atoms with E-state index in [4.69, 9.17) is 5.73 Å². The van der Waals surface area contributed by atoms with Gasteiger partial charge in [-0.3, -0.25) is 9.78 Å². The third-order valence-corrected chi connectivity index (χ3v) is 3.21. The van der Waals surface area contributed by atoms with Gasteiger partial charge in [0.15, 0.2) is 0 Å². The van der Waals surface area contributed by atoms with Crippen molar-refractivity contribution in [3.05, 3.63) is 29.8 Å². The van der Waals surface area contributed by atoms with E-state index in [0.717, 1.165) is 25.5 Å². The van der Waals surface area contributed by atoms with E-state index in [2.05, 4.69) is 10.3 Å². The molecule has 0 saturated heterocycles. The first kappa shape index (κ1) is 12.0. The number of hydrogen-bond acceptors (Lipinski definition) is 3. The molecule has 5 heteroatoms. The van der Waals surface area contributed by atoms with Crippen LogP contribution in [0.15, 0.2) is 18.5 Å². The standard InChI is InChI=1S/C12H16FN3O/c13-10-4-9(5-15-7-10)12(17)16-6-8-2-1-3-11(8)14/h4-5,7-8,11H,1-3,6,14H2,(H,16,17). The maximum absolute atomic E-state index is 12.9. The van der Waals surface area contributed by atoms with Crippen LogP contribution in [0.4, 0.5) is 4.39 Å². The molecule has 0 aliphatic heterocycles. The predicted molar refractivity (Wildman–Crippen MR) is 61.8 cm³/mol. The molecule has 1 aliphatic rings. The van der Waals surface area contributed by atoms with E-state index in [-0.39, 0.29) is 17.5 Å². The highest BCUT2D eigenvalue weighted by Gasteiger charge is 2.24. The lowest BCUT2D eigenvalue weighted by Crippen LogP contribution is -2.36. The fourth-order valence-corrected chi connectivity index (χ4v) is 2.18. The molecule has 0 spiro atoms. The van der Waals surface area contributed by atoms with Crippen molar-refractivity contribution < 1.29 is 9.18 Å². The number of aromatic nitrogens is 1. The van der Waals surface area contributed by atoms with Crippen LogP contribution >= 0.6 is 0 Å². The zero-order valence-corrected chi connectivity index (χ0v) is 9.53. The minimum Gasteiger partial charge on any atom is -0.352 e. The first-order valence-electron chi connectivity index (χ1n) is 5.81. The second kappa shape index (κ2) is 5.23. The molecule has 2 atom stereocenters. The Kier molecular flexibility index (Phi) is 3.68. The molecule has 17 heavy (non-hydrogen) atoms. The molecule has 0 radical (unpaired) electrons. The lowest BCUT2D eigenvalue weighted by Gasteiger charge is -2.15. The van der Waals surface area contributed by atoms with Crippen LogP contribution in [0, 0.1) is 11.7 Å². The minimum absolute atomic E-state index is 0.168. The molecule has 1 aromatic heterocycles. The second-order valence-electron chi connectivity index (χ2n) is 4.46. The van der Waals surface area contributed by atoms with Gasteiger partial charge in [0.05, 0.1) is 11.8 Å². The molecule has 1 aromatic rings. The van der Waals surface area contributed by atoms with Gasteiger partial charge in [-0.1, -0.05) is 6.42 Å². The van der Waals surface area contributed by atoms with E-state index in [0.29, 0.717) is 12.5 Å². The van der Waals surface area contributed by atoms with E-state index in [1.54, 1.807) is 0 Å². The molecular formula is C12H16FN3O. The van der Waals surface area contributed by atoms with Crippen LogP contribution < -0.4 is 11.1 Å². The number of rotatable bonds is 3. The van der Waals surface area contributed by atoms with Crippen LogP contribution in [0.3, 0.4) is 0 Å².